The van der Waals surface area contributed by atoms with Crippen molar-refractivity contribution in [1.29, 1.82) is 0 Å². The summed E-state index contributed by atoms with van der Waals surface area (Å²) in [4.78, 5) is 18.4. The molecule has 0 aliphatic carbocycles. The van der Waals surface area contributed by atoms with Crippen molar-refractivity contribution in [1.82, 2.24) is 19.9 Å². The second-order valence-electron chi connectivity index (χ2n) is 6.79. The number of aromatic nitrogens is 3. The van der Waals surface area contributed by atoms with Crippen LogP contribution in [-0.4, -0.2) is 58.5 Å². The van der Waals surface area contributed by atoms with E-state index < -0.39 is 0 Å². The van der Waals surface area contributed by atoms with Crippen LogP contribution in [0.2, 0.25) is 0 Å². The number of anilines is 2. The van der Waals surface area contributed by atoms with E-state index >= 15 is 0 Å². The van der Waals surface area contributed by atoms with E-state index in [1.54, 1.807) is 11.0 Å². The molecule has 1 aromatic carbocycles. The molecule has 0 radical (unpaired) electrons. The minimum atomic E-state index is -0.0418. The van der Waals surface area contributed by atoms with Crippen molar-refractivity contribution in [3.63, 3.8) is 0 Å². The number of nitrogens with zero attached hydrogens (tertiary/aromatic N) is 5. The van der Waals surface area contributed by atoms with Crippen LogP contribution >= 0.6 is 0 Å². The molecule has 1 N–H and O–H groups in total. The predicted molar refractivity (Wildman–Crippen MR) is 98.9 cm³/mol. The van der Waals surface area contributed by atoms with Crippen LogP contribution in [0.5, 0.6) is 0 Å². The van der Waals surface area contributed by atoms with Crippen LogP contribution in [0.15, 0.2) is 30.5 Å². The fourth-order valence-electron chi connectivity index (χ4n) is 2.96. The number of rotatable bonds is 5. The van der Waals surface area contributed by atoms with E-state index in [9.17, 15) is 4.79 Å². The number of carbonyl (C=O) groups is 1. The molecule has 3 rings (SSSR count). The van der Waals surface area contributed by atoms with Gasteiger partial charge in [-0.15, -0.1) is 5.10 Å². The van der Waals surface area contributed by atoms with E-state index in [-0.39, 0.29) is 11.9 Å². The van der Waals surface area contributed by atoms with Crippen molar-refractivity contribution < 1.29 is 4.79 Å². The van der Waals surface area contributed by atoms with Crippen molar-refractivity contribution >= 4 is 17.4 Å². The molecular formula is C18H26N6O. The molecule has 7 nitrogen and oxygen atoms in total. The summed E-state index contributed by atoms with van der Waals surface area (Å²) in [7, 11) is 0. The van der Waals surface area contributed by atoms with Crippen LogP contribution in [0.25, 0.3) is 0 Å². The zero-order valence-electron chi connectivity index (χ0n) is 15.1. The predicted octanol–water partition coefficient (Wildman–Crippen LogP) is 1.93. The number of nitrogens with one attached hydrogen (secondary N) is 1. The zero-order chi connectivity index (χ0) is 17.8. The highest BCUT2D eigenvalue weighted by Crippen LogP contribution is 2.17. The van der Waals surface area contributed by atoms with E-state index in [0.717, 1.165) is 26.2 Å². The number of benzene rings is 1. The lowest BCUT2D eigenvalue weighted by Crippen LogP contribution is -2.48. The minimum Gasteiger partial charge on any atom is -0.369 e. The summed E-state index contributed by atoms with van der Waals surface area (Å²) >= 11 is 0. The number of carbonyl (C=O) groups excluding carboxylic acids is 1. The smallest absolute Gasteiger partial charge is 0.239 e. The average molecular weight is 342 g/mol. The van der Waals surface area contributed by atoms with E-state index in [1.807, 2.05) is 13.8 Å². The zero-order valence-corrected chi connectivity index (χ0v) is 15.1. The Hall–Kier alpha value is -2.41. The lowest BCUT2D eigenvalue weighted by atomic mass is 10.2. The summed E-state index contributed by atoms with van der Waals surface area (Å²) in [5, 5.41) is 11.2. The molecule has 0 unspecified atom stereocenters. The molecule has 1 aliphatic heterocycles. The van der Waals surface area contributed by atoms with Crippen molar-refractivity contribution in [2.24, 2.45) is 0 Å². The second-order valence-corrected chi connectivity index (χ2v) is 6.79. The van der Waals surface area contributed by atoms with E-state index in [4.69, 9.17) is 0 Å². The number of hydrogen-bond donors (Lipinski definition) is 1. The molecule has 1 aromatic heterocycles. The van der Waals surface area contributed by atoms with Gasteiger partial charge in [0.1, 0.15) is 0 Å². The Kier molecular flexibility index (Phi) is 5.33. The monoisotopic (exact) mass is 342 g/mol. The second kappa shape index (κ2) is 7.65. The molecule has 2 aromatic rings. The fraction of sp³-hybridized carbons (Fsp3) is 0.500. The molecule has 0 bridgehead atoms. The number of aryl methyl sites for hydroxylation is 1. The van der Waals surface area contributed by atoms with Crippen molar-refractivity contribution in [3.05, 3.63) is 36.0 Å². The van der Waals surface area contributed by atoms with Crippen molar-refractivity contribution in [3.8, 4) is 0 Å². The van der Waals surface area contributed by atoms with Gasteiger partial charge in [-0.2, -0.15) is 9.90 Å². The molecule has 7 heteroatoms. The van der Waals surface area contributed by atoms with Gasteiger partial charge < -0.3 is 10.2 Å². The summed E-state index contributed by atoms with van der Waals surface area (Å²) in [5.41, 5.74) is 2.53. The summed E-state index contributed by atoms with van der Waals surface area (Å²) in [6.07, 6.45) is 1.59. The molecule has 0 spiro atoms. The Balaban J connectivity index is 1.47. The number of piperazine rings is 1. The standard InChI is InChI=1S/C18H26N6O/c1-14(2)24-19-12-17(21-24)20-18(25)13-22-7-9-23(10-8-22)16-6-4-5-15(3)11-16/h4-6,11-12,14H,7-10,13H2,1-3H3,(H,20,21,25). The van der Waals surface area contributed by atoms with Crippen LogP contribution in [0.1, 0.15) is 25.5 Å². The molecule has 1 saturated heterocycles. The van der Waals surface area contributed by atoms with E-state index in [2.05, 4.69) is 56.5 Å². The van der Waals surface area contributed by atoms with Gasteiger partial charge in [0, 0.05) is 31.9 Å². The van der Waals surface area contributed by atoms with Crippen LogP contribution in [0.3, 0.4) is 0 Å². The minimum absolute atomic E-state index is 0.0418. The molecule has 0 atom stereocenters. The first-order valence-corrected chi connectivity index (χ1v) is 8.77. The quantitative estimate of drug-likeness (QED) is 0.899. The first-order chi connectivity index (χ1) is 12.0. The Bertz CT molecular complexity index is 718. The maximum Gasteiger partial charge on any atom is 0.239 e. The van der Waals surface area contributed by atoms with Gasteiger partial charge in [-0.25, -0.2) is 0 Å². The molecule has 2 heterocycles. The van der Waals surface area contributed by atoms with Gasteiger partial charge >= 0.3 is 0 Å². The normalized spacial score (nSPS) is 15.6. The SMILES string of the molecule is Cc1cccc(N2CCN(CC(=O)Nc3cnn(C(C)C)n3)CC2)c1. The van der Waals surface area contributed by atoms with Gasteiger partial charge in [0.05, 0.1) is 18.8 Å². The van der Waals surface area contributed by atoms with Gasteiger partial charge in [-0.05, 0) is 38.5 Å². The molecule has 1 fully saturated rings. The Morgan fingerprint density at radius 3 is 2.64 bits per heavy atom. The van der Waals surface area contributed by atoms with E-state index in [1.165, 1.54) is 11.3 Å². The van der Waals surface area contributed by atoms with Gasteiger partial charge in [-0.3, -0.25) is 9.69 Å². The Morgan fingerprint density at radius 2 is 2.00 bits per heavy atom. The summed E-state index contributed by atoms with van der Waals surface area (Å²) < 4.78 is 0. The van der Waals surface area contributed by atoms with Gasteiger partial charge in [-0.1, -0.05) is 12.1 Å². The highest BCUT2D eigenvalue weighted by Gasteiger charge is 2.19. The first-order valence-electron chi connectivity index (χ1n) is 8.77. The van der Waals surface area contributed by atoms with Gasteiger partial charge in [0.25, 0.3) is 0 Å². The Morgan fingerprint density at radius 1 is 1.24 bits per heavy atom. The van der Waals surface area contributed by atoms with Crippen LogP contribution in [-0.2, 0) is 4.79 Å². The van der Waals surface area contributed by atoms with Crippen LogP contribution < -0.4 is 10.2 Å². The first kappa shape index (κ1) is 17.4. The third-order valence-corrected chi connectivity index (χ3v) is 4.34. The van der Waals surface area contributed by atoms with Gasteiger partial charge in [0.15, 0.2) is 5.82 Å². The largest absolute Gasteiger partial charge is 0.369 e. The topological polar surface area (TPSA) is 66.3 Å². The highest BCUT2D eigenvalue weighted by molar-refractivity contribution is 5.91. The third-order valence-electron chi connectivity index (χ3n) is 4.34. The molecule has 25 heavy (non-hydrogen) atoms. The summed E-state index contributed by atoms with van der Waals surface area (Å²) in [6.45, 7) is 10.1. The molecule has 0 saturated carbocycles. The van der Waals surface area contributed by atoms with Gasteiger partial charge in [0.2, 0.25) is 5.91 Å². The number of hydrogen-bond acceptors (Lipinski definition) is 5. The summed E-state index contributed by atoms with van der Waals surface area (Å²) in [5.74, 6) is 0.469. The van der Waals surface area contributed by atoms with Crippen molar-refractivity contribution in [2.45, 2.75) is 26.8 Å². The molecular weight excluding hydrogens is 316 g/mol. The lowest BCUT2D eigenvalue weighted by molar-refractivity contribution is -0.117. The molecule has 134 valence electrons. The van der Waals surface area contributed by atoms with Crippen molar-refractivity contribution in [2.75, 3.05) is 42.9 Å². The third kappa shape index (κ3) is 4.57. The lowest BCUT2D eigenvalue weighted by Gasteiger charge is -2.35. The average Bonchev–Trinajstić information content (AvgIpc) is 3.04. The fourth-order valence-corrected chi connectivity index (χ4v) is 2.96. The molecule has 1 amide bonds. The highest BCUT2D eigenvalue weighted by atomic mass is 16.2. The van der Waals surface area contributed by atoms with Crippen LogP contribution in [0, 0.1) is 6.92 Å². The number of amides is 1. The summed E-state index contributed by atoms with van der Waals surface area (Å²) in [6, 6.07) is 8.74. The maximum absolute atomic E-state index is 12.2. The van der Waals surface area contributed by atoms with E-state index in [0.29, 0.717) is 12.4 Å². The maximum atomic E-state index is 12.2. The molecule has 1 aliphatic rings. The van der Waals surface area contributed by atoms with Crippen LogP contribution in [0.4, 0.5) is 11.5 Å². The Labute approximate surface area is 148 Å².